The van der Waals surface area contributed by atoms with Crippen molar-refractivity contribution in [3.05, 3.63) is 35.9 Å². The Bertz CT molecular complexity index is 473. The van der Waals surface area contributed by atoms with Crippen LogP contribution in [0, 0.1) is 5.92 Å². The molecule has 1 aliphatic carbocycles. The molecule has 3 rings (SSSR count). The SMILES string of the molecule is CC(C1CC1)N1CCC(C(=O)O)(c2ccccc2)CC1. The number of carboxylic acids is 1. The minimum atomic E-state index is -0.680. The predicted molar refractivity (Wildman–Crippen MR) is 78.7 cm³/mol. The maximum Gasteiger partial charge on any atom is 0.314 e. The fourth-order valence-electron chi connectivity index (χ4n) is 3.57. The van der Waals surface area contributed by atoms with Gasteiger partial charge in [0.2, 0.25) is 0 Å². The van der Waals surface area contributed by atoms with Gasteiger partial charge in [0.25, 0.3) is 0 Å². The van der Waals surface area contributed by atoms with Crippen LogP contribution < -0.4 is 0 Å². The van der Waals surface area contributed by atoms with E-state index in [0.29, 0.717) is 6.04 Å². The molecule has 1 N–H and O–H groups in total. The van der Waals surface area contributed by atoms with Gasteiger partial charge in [-0.2, -0.15) is 0 Å². The number of carboxylic acid groups (broad SMARTS) is 1. The van der Waals surface area contributed by atoms with Crippen molar-refractivity contribution in [2.24, 2.45) is 5.92 Å². The molecule has 1 unspecified atom stereocenters. The largest absolute Gasteiger partial charge is 0.481 e. The summed E-state index contributed by atoms with van der Waals surface area (Å²) in [5.41, 5.74) is 0.285. The Balaban J connectivity index is 1.76. The number of rotatable bonds is 4. The molecule has 0 bridgehead atoms. The van der Waals surface area contributed by atoms with Crippen LogP contribution in [0.25, 0.3) is 0 Å². The highest BCUT2D eigenvalue weighted by molar-refractivity contribution is 5.81. The van der Waals surface area contributed by atoms with Crippen LogP contribution in [0.3, 0.4) is 0 Å². The third-order valence-electron chi connectivity index (χ3n) is 5.27. The molecule has 1 saturated carbocycles. The van der Waals surface area contributed by atoms with Gasteiger partial charge in [-0.05, 0) is 57.2 Å². The Morgan fingerprint density at radius 2 is 1.85 bits per heavy atom. The molecule has 0 amide bonds. The summed E-state index contributed by atoms with van der Waals surface area (Å²) < 4.78 is 0. The van der Waals surface area contributed by atoms with Gasteiger partial charge in [-0.1, -0.05) is 30.3 Å². The highest BCUT2D eigenvalue weighted by Gasteiger charge is 2.44. The summed E-state index contributed by atoms with van der Waals surface area (Å²) in [6, 6.07) is 10.4. The molecule has 1 aromatic carbocycles. The van der Waals surface area contributed by atoms with Crippen molar-refractivity contribution in [1.29, 1.82) is 0 Å². The van der Waals surface area contributed by atoms with Crippen molar-refractivity contribution in [3.8, 4) is 0 Å². The Morgan fingerprint density at radius 1 is 1.25 bits per heavy atom. The zero-order chi connectivity index (χ0) is 14.2. The fraction of sp³-hybridized carbons (Fsp3) is 0.588. The molecule has 1 aromatic rings. The fourth-order valence-corrected chi connectivity index (χ4v) is 3.57. The third-order valence-corrected chi connectivity index (χ3v) is 5.27. The van der Waals surface area contributed by atoms with E-state index in [1.54, 1.807) is 0 Å². The number of aliphatic carboxylic acids is 1. The van der Waals surface area contributed by atoms with Gasteiger partial charge in [-0.3, -0.25) is 4.79 Å². The summed E-state index contributed by atoms with van der Waals surface area (Å²) in [5, 5.41) is 9.77. The summed E-state index contributed by atoms with van der Waals surface area (Å²) in [6.45, 7) is 4.10. The number of hydrogen-bond donors (Lipinski definition) is 1. The van der Waals surface area contributed by atoms with Gasteiger partial charge in [0.05, 0.1) is 5.41 Å². The summed E-state index contributed by atoms with van der Waals surface area (Å²) in [5.74, 6) is 0.187. The normalized spacial score (nSPS) is 24.2. The van der Waals surface area contributed by atoms with Gasteiger partial charge in [-0.15, -0.1) is 0 Å². The van der Waals surface area contributed by atoms with Gasteiger partial charge in [0.1, 0.15) is 0 Å². The van der Waals surface area contributed by atoms with Crippen LogP contribution in [0.15, 0.2) is 30.3 Å². The molecular formula is C17H23NO2. The van der Waals surface area contributed by atoms with E-state index in [0.717, 1.165) is 37.4 Å². The van der Waals surface area contributed by atoms with E-state index in [2.05, 4.69) is 11.8 Å². The molecule has 0 aromatic heterocycles. The molecule has 3 heteroatoms. The van der Waals surface area contributed by atoms with Gasteiger partial charge < -0.3 is 10.0 Å². The predicted octanol–water partition coefficient (Wildman–Crippen LogP) is 2.90. The molecular weight excluding hydrogens is 250 g/mol. The summed E-state index contributed by atoms with van der Waals surface area (Å²) in [4.78, 5) is 14.4. The Kier molecular flexibility index (Phi) is 3.55. The van der Waals surface area contributed by atoms with E-state index < -0.39 is 11.4 Å². The van der Waals surface area contributed by atoms with Crippen LogP contribution in [0.1, 0.15) is 38.2 Å². The van der Waals surface area contributed by atoms with Gasteiger partial charge >= 0.3 is 5.97 Å². The van der Waals surface area contributed by atoms with Gasteiger partial charge in [0.15, 0.2) is 0 Å². The maximum absolute atomic E-state index is 11.9. The Hall–Kier alpha value is -1.35. The zero-order valence-corrected chi connectivity index (χ0v) is 12.1. The molecule has 1 atom stereocenters. The number of hydrogen-bond acceptors (Lipinski definition) is 2. The second kappa shape index (κ2) is 5.21. The standard InChI is InChI=1S/C17H23NO2/c1-13(14-7-8-14)18-11-9-17(10-12-18,16(19)20)15-5-3-2-4-6-15/h2-6,13-14H,7-12H2,1H3,(H,19,20). The lowest BCUT2D eigenvalue weighted by Crippen LogP contribution is -2.50. The number of nitrogens with zero attached hydrogens (tertiary/aromatic N) is 1. The first-order valence-electron chi connectivity index (χ1n) is 7.66. The average molecular weight is 273 g/mol. The van der Waals surface area contributed by atoms with Crippen LogP contribution in [0.5, 0.6) is 0 Å². The number of benzene rings is 1. The Labute approximate surface area is 120 Å². The van der Waals surface area contributed by atoms with Crippen molar-refractivity contribution in [2.75, 3.05) is 13.1 Å². The number of likely N-dealkylation sites (tertiary alicyclic amines) is 1. The number of piperidine rings is 1. The van der Waals surface area contributed by atoms with E-state index in [9.17, 15) is 9.90 Å². The van der Waals surface area contributed by atoms with E-state index in [1.165, 1.54) is 12.8 Å². The van der Waals surface area contributed by atoms with Crippen LogP contribution in [0.4, 0.5) is 0 Å². The van der Waals surface area contributed by atoms with Crippen molar-refractivity contribution in [1.82, 2.24) is 4.90 Å². The van der Waals surface area contributed by atoms with Crippen molar-refractivity contribution in [3.63, 3.8) is 0 Å². The molecule has 1 saturated heterocycles. The molecule has 108 valence electrons. The van der Waals surface area contributed by atoms with Gasteiger partial charge in [-0.25, -0.2) is 0 Å². The van der Waals surface area contributed by atoms with Crippen molar-refractivity contribution >= 4 is 5.97 Å². The smallest absolute Gasteiger partial charge is 0.314 e. The summed E-state index contributed by atoms with van der Waals surface area (Å²) in [6.07, 6.45) is 4.15. The summed E-state index contributed by atoms with van der Waals surface area (Å²) in [7, 11) is 0. The maximum atomic E-state index is 11.9. The monoisotopic (exact) mass is 273 g/mol. The lowest BCUT2D eigenvalue weighted by Gasteiger charge is -2.41. The van der Waals surface area contributed by atoms with Crippen LogP contribution in [-0.2, 0) is 10.2 Å². The molecule has 2 aliphatic rings. The lowest BCUT2D eigenvalue weighted by atomic mass is 9.72. The highest BCUT2D eigenvalue weighted by Crippen LogP contribution is 2.40. The molecule has 2 fully saturated rings. The molecule has 0 spiro atoms. The van der Waals surface area contributed by atoms with Crippen LogP contribution >= 0.6 is 0 Å². The molecule has 3 nitrogen and oxygen atoms in total. The zero-order valence-electron chi connectivity index (χ0n) is 12.1. The topological polar surface area (TPSA) is 40.5 Å². The highest BCUT2D eigenvalue weighted by atomic mass is 16.4. The third kappa shape index (κ3) is 2.35. The minimum Gasteiger partial charge on any atom is -0.481 e. The van der Waals surface area contributed by atoms with Crippen molar-refractivity contribution < 1.29 is 9.90 Å². The Morgan fingerprint density at radius 3 is 2.35 bits per heavy atom. The molecule has 1 aliphatic heterocycles. The lowest BCUT2D eigenvalue weighted by molar-refractivity contribution is -0.146. The van der Waals surface area contributed by atoms with E-state index in [1.807, 2.05) is 30.3 Å². The van der Waals surface area contributed by atoms with Crippen molar-refractivity contribution in [2.45, 2.75) is 44.1 Å². The second-order valence-electron chi connectivity index (χ2n) is 6.37. The molecule has 1 heterocycles. The summed E-state index contributed by atoms with van der Waals surface area (Å²) >= 11 is 0. The van der Waals surface area contributed by atoms with E-state index in [4.69, 9.17) is 0 Å². The molecule has 20 heavy (non-hydrogen) atoms. The van der Waals surface area contributed by atoms with E-state index in [-0.39, 0.29) is 0 Å². The van der Waals surface area contributed by atoms with Crippen LogP contribution in [0.2, 0.25) is 0 Å². The molecule has 0 radical (unpaired) electrons. The minimum absolute atomic E-state index is 0.623. The first-order valence-corrected chi connectivity index (χ1v) is 7.66. The number of carbonyl (C=O) groups is 1. The second-order valence-corrected chi connectivity index (χ2v) is 6.37. The quantitative estimate of drug-likeness (QED) is 0.917. The average Bonchev–Trinajstić information content (AvgIpc) is 3.32. The van der Waals surface area contributed by atoms with Gasteiger partial charge in [0, 0.05) is 6.04 Å². The van der Waals surface area contributed by atoms with Crippen LogP contribution in [-0.4, -0.2) is 35.1 Å². The first kappa shape index (κ1) is 13.6. The first-order chi connectivity index (χ1) is 9.63. The van der Waals surface area contributed by atoms with E-state index >= 15 is 0 Å².